The summed E-state index contributed by atoms with van der Waals surface area (Å²) >= 11 is 0. The first-order valence-electron chi connectivity index (χ1n) is 6.65. The zero-order chi connectivity index (χ0) is 17.1. The van der Waals surface area contributed by atoms with Crippen molar-refractivity contribution in [1.29, 1.82) is 0 Å². The van der Waals surface area contributed by atoms with E-state index in [1.807, 2.05) is 13.8 Å². The Morgan fingerprint density at radius 1 is 1.45 bits per heavy atom. The van der Waals surface area contributed by atoms with Crippen molar-refractivity contribution in [3.05, 3.63) is 40.3 Å². The van der Waals surface area contributed by atoms with Crippen molar-refractivity contribution in [2.45, 2.75) is 32.5 Å². The van der Waals surface area contributed by atoms with Crippen LogP contribution < -0.4 is 5.56 Å². The number of methoxy groups -OCH3 is 1. The van der Waals surface area contributed by atoms with Gasteiger partial charge in [0.05, 0.1) is 12.7 Å². The average molecular weight is 317 g/mol. The second-order valence-corrected chi connectivity index (χ2v) is 5.26. The van der Waals surface area contributed by atoms with Gasteiger partial charge in [0.1, 0.15) is 6.04 Å². The summed E-state index contributed by atoms with van der Waals surface area (Å²) in [4.78, 5) is 23.9. The van der Waals surface area contributed by atoms with Gasteiger partial charge in [-0.15, -0.1) is 0 Å². The molecule has 1 atom stereocenters. The molecule has 0 saturated carbocycles. The quantitative estimate of drug-likeness (QED) is 0.783. The maximum Gasteiger partial charge on any atom is 0.417 e. The first kappa shape index (κ1) is 18.0. The fourth-order valence-corrected chi connectivity index (χ4v) is 2.12. The van der Waals surface area contributed by atoms with Crippen LogP contribution in [0.15, 0.2) is 23.6 Å². The van der Waals surface area contributed by atoms with Crippen molar-refractivity contribution in [2.75, 3.05) is 7.11 Å². The Balaban J connectivity index is 3.49. The Bertz CT molecular complexity index is 617. The molecule has 0 fully saturated rings. The van der Waals surface area contributed by atoms with Crippen molar-refractivity contribution >= 4 is 12.0 Å². The minimum Gasteiger partial charge on any atom is -0.467 e. The van der Waals surface area contributed by atoms with Crippen LogP contribution in [0.1, 0.15) is 37.4 Å². The number of pyridine rings is 1. The Hall–Kier alpha value is -2.05. The molecule has 0 aliphatic rings. The van der Waals surface area contributed by atoms with Crippen LogP contribution in [0.25, 0.3) is 6.08 Å². The second-order valence-electron chi connectivity index (χ2n) is 5.26. The molecule has 122 valence electrons. The standard InChI is InChI=1S/C15H18F3NO3/c1-5-10-8-19(12(6-9(2)3)14(21)22-4)13(20)7-11(10)15(16,17)18/h5,7-9,12H,1,6H2,2-4H3. The van der Waals surface area contributed by atoms with E-state index < -0.39 is 29.3 Å². The monoisotopic (exact) mass is 317 g/mol. The highest BCUT2D eigenvalue weighted by atomic mass is 19.4. The molecule has 1 aromatic heterocycles. The molecule has 0 N–H and O–H groups in total. The van der Waals surface area contributed by atoms with Gasteiger partial charge in [0.2, 0.25) is 0 Å². The minimum atomic E-state index is -4.67. The molecule has 0 spiro atoms. The van der Waals surface area contributed by atoms with E-state index in [2.05, 4.69) is 11.3 Å². The van der Waals surface area contributed by atoms with Gasteiger partial charge in [0.25, 0.3) is 5.56 Å². The summed E-state index contributed by atoms with van der Waals surface area (Å²) in [5.74, 6) is -0.629. The lowest BCUT2D eigenvalue weighted by atomic mass is 10.0. The van der Waals surface area contributed by atoms with Crippen LogP contribution in [-0.4, -0.2) is 17.6 Å². The van der Waals surface area contributed by atoms with Crippen LogP contribution in [0.5, 0.6) is 0 Å². The largest absolute Gasteiger partial charge is 0.467 e. The van der Waals surface area contributed by atoms with Gasteiger partial charge in [0, 0.05) is 17.8 Å². The van der Waals surface area contributed by atoms with E-state index in [-0.39, 0.29) is 17.9 Å². The molecule has 0 aliphatic carbocycles. The number of rotatable bonds is 5. The molecule has 1 heterocycles. The summed E-state index contributed by atoms with van der Waals surface area (Å²) < 4.78 is 44.3. The Kier molecular flexibility index (Phi) is 5.57. The highest BCUT2D eigenvalue weighted by Crippen LogP contribution is 2.32. The van der Waals surface area contributed by atoms with E-state index in [4.69, 9.17) is 0 Å². The van der Waals surface area contributed by atoms with Crippen molar-refractivity contribution in [3.8, 4) is 0 Å². The van der Waals surface area contributed by atoms with Gasteiger partial charge in [-0.05, 0) is 12.3 Å². The first-order valence-corrected chi connectivity index (χ1v) is 6.65. The van der Waals surface area contributed by atoms with Crippen LogP contribution in [0.4, 0.5) is 13.2 Å². The molecule has 0 saturated heterocycles. The van der Waals surface area contributed by atoms with Crippen LogP contribution in [0.2, 0.25) is 0 Å². The third-order valence-corrected chi connectivity index (χ3v) is 3.14. The molecule has 0 amide bonds. The average Bonchev–Trinajstić information content (AvgIpc) is 2.42. The number of carbonyl (C=O) groups is 1. The van der Waals surface area contributed by atoms with Gasteiger partial charge in [0.15, 0.2) is 0 Å². The SMILES string of the molecule is C=Cc1cn(C(CC(C)C)C(=O)OC)c(=O)cc1C(F)(F)F. The fourth-order valence-electron chi connectivity index (χ4n) is 2.12. The van der Waals surface area contributed by atoms with Gasteiger partial charge < -0.3 is 9.30 Å². The van der Waals surface area contributed by atoms with Crippen LogP contribution >= 0.6 is 0 Å². The van der Waals surface area contributed by atoms with E-state index in [1.165, 1.54) is 7.11 Å². The maximum absolute atomic E-state index is 12.9. The van der Waals surface area contributed by atoms with Gasteiger partial charge in [-0.3, -0.25) is 4.79 Å². The number of nitrogens with zero attached hydrogens (tertiary/aromatic N) is 1. The van der Waals surface area contributed by atoms with Crippen LogP contribution in [-0.2, 0) is 15.7 Å². The molecular weight excluding hydrogens is 299 g/mol. The van der Waals surface area contributed by atoms with Crippen molar-refractivity contribution in [3.63, 3.8) is 0 Å². The molecule has 0 aliphatic heterocycles. The summed E-state index contributed by atoms with van der Waals surface area (Å²) in [7, 11) is 1.17. The zero-order valence-electron chi connectivity index (χ0n) is 12.6. The molecular formula is C15H18F3NO3. The second kappa shape index (κ2) is 6.81. The predicted molar refractivity (Wildman–Crippen MR) is 76.3 cm³/mol. The van der Waals surface area contributed by atoms with Crippen molar-refractivity contribution in [2.24, 2.45) is 5.92 Å². The summed E-state index contributed by atoms with van der Waals surface area (Å²) in [6, 6.07) is -0.494. The van der Waals surface area contributed by atoms with E-state index in [0.717, 1.165) is 16.8 Å². The molecule has 22 heavy (non-hydrogen) atoms. The van der Waals surface area contributed by atoms with Gasteiger partial charge in [-0.25, -0.2) is 4.79 Å². The smallest absolute Gasteiger partial charge is 0.417 e. The molecule has 1 rings (SSSR count). The lowest BCUT2D eigenvalue weighted by molar-refractivity contribution is -0.145. The molecule has 0 radical (unpaired) electrons. The van der Waals surface area contributed by atoms with Gasteiger partial charge >= 0.3 is 12.1 Å². The predicted octanol–water partition coefficient (Wildman–Crippen LogP) is 3.27. The fraction of sp³-hybridized carbons (Fsp3) is 0.467. The highest BCUT2D eigenvalue weighted by molar-refractivity contribution is 5.74. The van der Waals surface area contributed by atoms with E-state index in [0.29, 0.717) is 6.07 Å². The Morgan fingerprint density at radius 3 is 2.45 bits per heavy atom. The van der Waals surface area contributed by atoms with Gasteiger partial charge in [-0.1, -0.05) is 26.5 Å². The minimum absolute atomic E-state index is 0.0467. The maximum atomic E-state index is 12.9. The summed E-state index contributed by atoms with van der Waals surface area (Å²) in [5, 5.41) is 0. The van der Waals surface area contributed by atoms with Crippen molar-refractivity contribution < 1.29 is 22.7 Å². The normalized spacial score (nSPS) is 13.0. The number of hydrogen-bond donors (Lipinski definition) is 0. The first-order chi connectivity index (χ1) is 10.1. The number of halogens is 3. The number of ether oxygens (including phenoxy) is 1. The topological polar surface area (TPSA) is 48.3 Å². The van der Waals surface area contributed by atoms with E-state index >= 15 is 0 Å². The molecule has 4 nitrogen and oxygen atoms in total. The molecule has 1 unspecified atom stereocenters. The van der Waals surface area contributed by atoms with Crippen molar-refractivity contribution in [1.82, 2.24) is 4.57 Å². The van der Waals surface area contributed by atoms with Crippen LogP contribution in [0, 0.1) is 5.92 Å². The third kappa shape index (κ3) is 3.99. The molecule has 1 aromatic rings. The van der Waals surface area contributed by atoms with Gasteiger partial charge in [-0.2, -0.15) is 13.2 Å². The summed E-state index contributed by atoms with van der Waals surface area (Å²) in [6.45, 7) is 7.00. The number of esters is 1. The van der Waals surface area contributed by atoms with Crippen LogP contribution in [0.3, 0.4) is 0 Å². The molecule has 0 aromatic carbocycles. The number of hydrogen-bond acceptors (Lipinski definition) is 3. The van der Waals surface area contributed by atoms with E-state index in [9.17, 15) is 22.8 Å². The van der Waals surface area contributed by atoms with E-state index in [1.54, 1.807) is 0 Å². The lowest BCUT2D eigenvalue weighted by Crippen LogP contribution is -2.32. The Labute approximate surface area is 126 Å². The zero-order valence-corrected chi connectivity index (χ0v) is 12.6. The number of carbonyl (C=O) groups excluding carboxylic acids is 1. The number of aromatic nitrogens is 1. The molecule has 0 bridgehead atoms. The highest BCUT2D eigenvalue weighted by Gasteiger charge is 2.34. The third-order valence-electron chi connectivity index (χ3n) is 3.14. The lowest BCUT2D eigenvalue weighted by Gasteiger charge is -2.21. The Morgan fingerprint density at radius 2 is 2.05 bits per heavy atom. The molecule has 7 heteroatoms. The number of alkyl halides is 3. The summed E-state index contributed by atoms with van der Waals surface area (Å²) in [5.41, 5.74) is -2.24. The summed E-state index contributed by atoms with van der Waals surface area (Å²) in [6.07, 6.45) is -2.39.